The standard InChI is InChI=1S/C12H11Cl2NO3/c1-2-17-12(16)10-6-11(18-15-10)8-4-3-7(13)5-9(8)14/h3-5,11H,2,6H2,1H3. The number of hydrogen-bond donors (Lipinski definition) is 0. The molecule has 0 bridgehead atoms. The van der Waals surface area contributed by atoms with E-state index in [9.17, 15) is 4.79 Å². The van der Waals surface area contributed by atoms with Crippen LogP contribution in [0.25, 0.3) is 0 Å². The van der Waals surface area contributed by atoms with Gasteiger partial charge in [0.05, 0.1) is 6.61 Å². The van der Waals surface area contributed by atoms with E-state index in [1.165, 1.54) is 0 Å². The zero-order valence-electron chi connectivity index (χ0n) is 9.65. The Kier molecular flexibility index (Phi) is 4.09. The van der Waals surface area contributed by atoms with Gasteiger partial charge in [0.1, 0.15) is 0 Å². The first kappa shape index (κ1) is 13.2. The minimum Gasteiger partial charge on any atom is -0.461 e. The zero-order chi connectivity index (χ0) is 13.1. The van der Waals surface area contributed by atoms with Crippen LogP contribution in [0, 0.1) is 0 Å². The molecular formula is C12H11Cl2NO3. The molecule has 0 N–H and O–H groups in total. The fraction of sp³-hybridized carbons (Fsp3) is 0.333. The molecule has 1 unspecified atom stereocenters. The van der Waals surface area contributed by atoms with Crippen LogP contribution in [0.4, 0.5) is 0 Å². The summed E-state index contributed by atoms with van der Waals surface area (Å²) < 4.78 is 4.86. The lowest BCUT2D eigenvalue weighted by Crippen LogP contribution is -2.16. The molecule has 0 aromatic heterocycles. The number of carbonyl (C=O) groups excluding carboxylic acids is 1. The second-order valence-electron chi connectivity index (χ2n) is 3.72. The quantitative estimate of drug-likeness (QED) is 0.801. The number of nitrogens with zero attached hydrogens (tertiary/aromatic N) is 1. The Labute approximate surface area is 114 Å². The summed E-state index contributed by atoms with van der Waals surface area (Å²) in [7, 11) is 0. The highest BCUT2D eigenvalue weighted by molar-refractivity contribution is 6.37. The van der Waals surface area contributed by atoms with Gasteiger partial charge in [-0.25, -0.2) is 4.79 Å². The van der Waals surface area contributed by atoms with Gasteiger partial charge in [-0.2, -0.15) is 0 Å². The Morgan fingerprint density at radius 3 is 3.00 bits per heavy atom. The van der Waals surface area contributed by atoms with Crippen LogP contribution in [0.1, 0.15) is 25.0 Å². The van der Waals surface area contributed by atoms with Gasteiger partial charge in [-0.15, -0.1) is 0 Å². The Morgan fingerprint density at radius 1 is 1.56 bits per heavy atom. The van der Waals surface area contributed by atoms with Crippen LogP contribution in [0.5, 0.6) is 0 Å². The normalized spacial score (nSPS) is 18.2. The van der Waals surface area contributed by atoms with Crippen LogP contribution in [-0.2, 0) is 14.4 Å². The van der Waals surface area contributed by atoms with Crippen molar-refractivity contribution in [3.63, 3.8) is 0 Å². The highest BCUT2D eigenvalue weighted by atomic mass is 35.5. The van der Waals surface area contributed by atoms with Gasteiger partial charge in [0.25, 0.3) is 0 Å². The first-order valence-electron chi connectivity index (χ1n) is 5.46. The maximum absolute atomic E-state index is 11.5. The van der Waals surface area contributed by atoms with E-state index in [4.69, 9.17) is 32.8 Å². The van der Waals surface area contributed by atoms with Crippen molar-refractivity contribution >= 4 is 34.9 Å². The van der Waals surface area contributed by atoms with Crippen LogP contribution in [0.15, 0.2) is 23.4 Å². The summed E-state index contributed by atoms with van der Waals surface area (Å²) in [6, 6.07) is 5.11. The molecule has 1 aromatic rings. The van der Waals surface area contributed by atoms with Crippen LogP contribution < -0.4 is 0 Å². The smallest absolute Gasteiger partial charge is 0.356 e. The van der Waals surface area contributed by atoms with E-state index < -0.39 is 5.97 Å². The molecule has 18 heavy (non-hydrogen) atoms. The Bertz CT molecular complexity index is 502. The second kappa shape index (κ2) is 5.59. The van der Waals surface area contributed by atoms with Gasteiger partial charge in [0.2, 0.25) is 0 Å². The van der Waals surface area contributed by atoms with E-state index in [0.717, 1.165) is 5.56 Å². The third-order valence-electron chi connectivity index (χ3n) is 2.49. The van der Waals surface area contributed by atoms with Crippen molar-refractivity contribution in [2.24, 2.45) is 5.16 Å². The third-order valence-corrected chi connectivity index (χ3v) is 3.05. The molecule has 0 fully saturated rings. The lowest BCUT2D eigenvalue weighted by atomic mass is 10.0. The van der Waals surface area contributed by atoms with Gasteiger partial charge in [-0.1, -0.05) is 34.4 Å². The number of benzene rings is 1. The molecule has 0 amide bonds. The van der Waals surface area contributed by atoms with Crippen LogP contribution >= 0.6 is 23.2 Å². The van der Waals surface area contributed by atoms with E-state index in [1.54, 1.807) is 25.1 Å². The van der Waals surface area contributed by atoms with Crippen LogP contribution in [0.3, 0.4) is 0 Å². The second-order valence-corrected chi connectivity index (χ2v) is 4.57. The molecule has 1 aromatic carbocycles. The summed E-state index contributed by atoms with van der Waals surface area (Å²) in [6.45, 7) is 2.05. The Balaban J connectivity index is 2.09. The Hall–Kier alpha value is -1.26. The highest BCUT2D eigenvalue weighted by Gasteiger charge is 2.29. The number of oxime groups is 1. The van der Waals surface area contributed by atoms with Gasteiger partial charge in [-0.05, 0) is 19.1 Å². The summed E-state index contributed by atoms with van der Waals surface area (Å²) in [5.74, 6) is -0.454. The largest absolute Gasteiger partial charge is 0.461 e. The predicted octanol–water partition coefficient (Wildman–Crippen LogP) is 3.37. The first-order valence-corrected chi connectivity index (χ1v) is 6.22. The summed E-state index contributed by atoms with van der Waals surface area (Å²) in [5, 5.41) is 4.77. The zero-order valence-corrected chi connectivity index (χ0v) is 11.2. The minimum atomic E-state index is -0.454. The average molecular weight is 288 g/mol. The molecular weight excluding hydrogens is 277 g/mol. The molecule has 0 spiro atoms. The number of ether oxygens (including phenoxy) is 1. The van der Waals surface area contributed by atoms with Gasteiger partial charge in [-0.3, -0.25) is 0 Å². The molecule has 0 radical (unpaired) electrons. The summed E-state index contributed by atoms with van der Waals surface area (Å²) >= 11 is 11.9. The molecule has 1 aliphatic heterocycles. The van der Waals surface area contributed by atoms with Crippen molar-refractivity contribution in [3.8, 4) is 0 Å². The lowest BCUT2D eigenvalue weighted by Gasteiger charge is -2.10. The first-order chi connectivity index (χ1) is 8.61. The molecule has 0 aliphatic carbocycles. The third kappa shape index (κ3) is 2.76. The van der Waals surface area contributed by atoms with Crippen LogP contribution in [-0.4, -0.2) is 18.3 Å². The summed E-state index contributed by atoms with van der Waals surface area (Å²) in [6.07, 6.45) is -0.0191. The van der Waals surface area contributed by atoms with E-state index in [1.807, 2.05) is 0 Å². The van der Waals surface area contributed by atoms with Crippen molar-refractivity contribution in [2.45, 2.75) is 19.4 Å². The molecule has 1 aliphatic rings. The minimum absolute atomic E-state index is 0.271. The van der Waals surface area contributed by atoms with Gasteiger partial charge < -0.3 is 9.57 Å². The Morgan fingerprint density at radius 2 is 2.33 bits per heavy atom. The summed E-state index contributed by atoms with van der Waals surface area (Å²) in [5.41, 5.74) is 1.02. The molecule has 1 heterocycles. The monoisotopic (exact) mass is 287 g/mol. The van der Waals surface area contributed by atoms with Crippen LogP contribution in [0.2, 0.25) is 10.0 Å². The predicted molar refractivity (Wildman–Crippen MR) is 69.0 cm³/mol. The topological polar surface area (TPSA) is 47.9 Å². The fourth-order valence-electron chi connectivity index (χ4n) is 1.64. The lowest BCUT2D eigenvalue weighted by molar-refractivity contribution is -0.135. The fourth-order valence-corrected chi connectivity index (χ4v) is 2.17. The van der Waals surface area contributed by atoms with E-state index >= 15 is 0 Å². The van der Waals surface area contributed by atoms with Crippen molar-refractivity contribution in [1.29, 1.82) is 0 Å². The molecule has 0 saturated heterocycles. The van der Waals surface area contributed by atoms with E-state index in [0.29, 0.717) is 23.1 Å². The molecule has 0 saturated carbocycles. The SMILES string of the molecule is CCOC(=O)C1=NOC(c2ccc(Cl)cc2Cl)C1. The maximum Gasteiger partial charge on any atom is 0.356 e. The van der Waals surface area contributed by atoms with Crippen molar-refractivity contribution in [1.82, 2.24) is 0 Å². The van der Waals surface area contributed by atoms with E-state index in [2.05, 4.69) is 5.16 Å². The molecule has 4 nitrogen and oxygen atoms in total. The van der Waals surface area contributed by atoms with Crippen molar-refractivity contribution in [2.75, 3.05) is 6.61 Å². The van der Waals surface area contributed by atoms with Gasteiger partial charge >= 0.3 is 5.97 Å². The van der Waals surface area contributed by atoms with Crippen molar-refractivity contribution < 1.29 is 14.4 Å². The average Bonchev–Trinajstić information content (AvgIpc) is 2.78. The van der Waals surface area contributed by atoms with Gasteiger partial charge in [0.15, 0.2) is 11.8 Å². The molecule has 6 heteroatoms. The summed E-state index contributed by atoms with van der Waals surface area (Å²) in [4.78, 5) is 16.7. The maximum atomic E-state index is 11.5. The number of hydrogen-bond acceptors (Lipinski definition) is 4. The molecule has 1 atom stereocenters. The molecule has 2 rings (SSSR count). The number of esters is 1. The highest BCUT2D eigenvalue weighted by Crippen LogP contribution is 2.33. The van der Waals surface area contributed by atoms with E-state index in [-0.39, 0.29) is 11.8 Å². The number of rotatable bonds is 3. The molecule has 96 valence electrons. The van der Waals surface area contributed by atoms with Gasteiger partial charge in [0, 0.05) is 22.0 Å². The number of halogens is 2. The number of carbonyl (C=O) groups is 1. The van der Waals surface area contributed by atoms with Crippen molar-refractivity contribution in [3.05, 3.63) is 33.8 Å².